The van der Waals surface area contributed by atoms with Gasteiger partial charge >= 0.3 is 0 Å². The molecule has 2 rings (SSSR count). The largest absolute Gasteiger partial charge is 0.295 e. The van der Waals surface area contributed by atoms with E-state index in [1.165, 1.54) is 12.1 Å². The van der Waals surface area contributed by atoms with Crippen molar-refractivity contribution in [2.45, 2.75) is 47.5 Å². The van der Waals surface area contributed by atoms with E-state index in [2.05, 4.69) is 0 Å². The summed E-state index contributed by atoms with van der Waals surface area (Å²) in [6.45, 7) is 9.15. The number of carbonyl (C=O) groups is 2. The van der Waals surface area contributed by atoms with E-state index in [0.29, 0.717) is 29.5 Å². The molecule has 0 saturated heterocycles. The van der Waals surface area contributed by atoms with Crippen LogP contribution in [0, 0.1) is 11.7 Å². The molecule has 2 aromatic carbocycles. The number of halogens is 1. The molecule has 25 heavy (non-hydrogen) atoms. The van der Waals surface area contributed by atoms with Crippen LogP contribution < -0.4 is 0 Å². The van der Waals surface area contributed by atoms with Crippen molar-refractivity contribution in [2.75, 3.05) is 0 Å². The summed E-state index contributed by atoms with van der Waals surface area (Å²) in [6, 6.07) is 8.36. The third-order valence-corrected chi connectivity index (χ3v) is 4.51. The van der Waals surface area contributed by atoms with Crippen LogP contribution in [0.4, 0.5) is 4.39 Å². The zero-order chi connectivity index (χ0) is 18.7. The van der Waals surface area contributed by atoms with E-state index >= 15 is 0 Å². The van der Waals surface area contributed by atoms with Crippen molar-refractivity contribution in [3.05, 3.63) is 58.4 Å². The second-order valence-corrected chi connectivity index (χ2v) is 6.64. The number of aryl methyl sites for hydroxylation is 2. The fraction of sp³-hybridized carbons (Fsp3) is 0.364. The van der Waals surface area contributed by atoms with Crippen molar-refractivity contribution in [2.24, 2.45) is 5.92 Å². The van der Waals surface area contributed by atoms with Gasteiger partial charge in [-0.25, -0.2) is 4.39 Å². The lowest BCUT2D eigenvalue weighted by atomic mass is 9.86. The highest BCUT2D eigenvalue weighted by Crippen LogP contribution is 2.32. The van der Waals surface area contributed by atoms with E-state index in [1.54, 1.807) is 19.1 Å². The molecule has 0 unspecified atom stereocenters. The molecule has 3 heteroatoms. The summed E-state index contributed by atoms with van der Waals surface area (Å²) in [5.41, 5.74) is 4.30. The highest BCUT2D eigenvalue weighted by atomic mass is 19.1. The molecule has 0 fully saturated rings. The summed E-state index contributed by atoms with van der Waals surface area (Å²) in [7, 11) is 0. The molecule has 0 N–H and O–H groups in total. The van der Waals surface area contributed by atoms with Crippen molar-refractivity contribution in [1.82, 2.24) is 0 Å². The second-order valence-electron chi connectivity index (χ2n) is 6.64. The van der Waals surface area contributed by atoms with E-state index in [1.807, 2.05) is 33.8 Å². The molecule has 0 aliphatic heterocycles. The lowest BCUT2D eigenvalue weighted by Gasteiger charge is -2.17. The van der Waals surface area contributed by atoms with Crippen LogP contribution >= 0.6 is 0 Å². The van der Waals surface area contributed by atoms with E-state index in [0.717, 1.165) is 16.7 Å². The number of ketones is 2. The van der Waals surface area contributed by atoms with Crippen LogP contribution in [0.2, 0.25) is 0 Å². The summed E-state index contributed by atoms with van der Waals surface area (Å²) in [4.78, 5) is 24.6. The lowest BCUT2D eigenvalue weighted by molar-refractivity contribution is 0.0938. The maximum atomic E-state index is 14.2. The third kappa shape index (κ3) is 3.87. The number of rotatable bonds is 6. The second kappa shape index (κ2) is 7.73. The molecular formula is C22H25FO2. The number of hydrogen-bond acceptors (Lipinski definition) is 2. The molecule has 0 aromatic heterocycles. The van der Waals surface area contributed by atoms with E-state index in [9.17, 15) is 14.0 Å². The van der Waals surface area contributed by atoms with Crippen molar-refractivity contribution in [1.29, 1.82) is 0 Å². The summed E-state index contributed by atoms with van der Waals surface area (Å²) < 4.78 is 14.2. The summed E-state index contributed by atoms with van der Waals surface area (Å²) in [6.07, 6.45) is 1.29. The molecule has 0 spiro atoms. The number of hydrogen-bond donors (Lipinski definition) is 0. The molecule has 132 valence electrons. The molecule has 0 saturated carbocycles. The zero-order valence-corrected chi connectivity index (χ0v) is 15.6. The van der Waals surface area contributed by atoms with Gasteiger partial charge in [0.1, 0.15) is 5.82 Å². The Hall–Kier alpha value is -2.29. The normalized spacial score (nSPS) is 11.0. The van der Waals surface area contributed by atoms with Crippen LogP contribution in [0.25, 0.3) is 11.1 Å². The van der Waals surface area contributed by atoms with E-state index < -0.39 is 0 Å². The molecular weight excluding hydrogens is 315 g/mol. The molecule has 0 radical (unpaired) electrons. The standard InChI is InChI=1S/C22H25FO2/c1-6-15-10-17(8-9-19(15)14(5)24)20-12-18(23)11-16(7-2)21(20)22(25)13(3)4/h8-13H,6-7H2,1-5H3. The van der Waals surface area contributed by atoms with Gasteiger partial charge in [0.25, 0.3) is 0 Å². The monoisotopic (exact) mass is 340 g/mol. The molecule has 2 aromatic rings. The zero-order valence-electron chi connectivity index (χ0n) is 15.6. The first-order valence-electron chi connectivity index (χ1n) is 8.80. The Labute approximate surface area is 149 Å². The van der Waals surface area contributed by atoms with Gasteiger partial charge in [0.05, 0.1) is 0 Å². The summed E-state index contributed by atoms with van der Waals surface area (Å²) >= 11 is 0. The molecule has 0 aliphatic rings. The summed E-state index contributed by atoms with van der Waals surface area (Å²) in [5.74, 6) is -0.492. The van der Waals surface area contributed by atoms with Crippen molar-refractivity contribution in [3.8, 4) is 11.1 Å². The number of Topliss-reactive ketones (excluding diaryl/α,β-unsaturated/α-hetero) is 2. The fourth-order valence-corrected chi connectivity index (χ4v) is 3.15. The minimum Gasteiger partial charge on any atom is -0.295 e. The molecule has 0 bridgehead atoms. The molecule has 2 nitrogen and oxygen atoms in total. The summed E-state index contributed by atoms with van der Waals surface area (Å²) in [5, 5.41) is 0. The van der Waals surface area contributed by atoms with Crippen LogP contribution in [-0.2, 0) is 12.8 Å². The van der Waals surface area contributed by atoms with Crippen LogP contribution in [0.3, 0.4) is 0 Å². The van der Waals surface area contributed by atoms with Gasteiger partial charge in [-0.15, -0.1) is 0 Å². The quantitative estimate of drug-likeness (QED) is 0.636. The first-order valence-corrected chi connectivity index (χ1v) is 8.80. The van der Waals surface area contributed by atoms with Crippen LogP contribution in [-0.4, -0.2) is 11.6 Å². The average molecular weight is 340 g/mol. The van der Waals surface area contributed by atoms with Crippen molar-refractivity contribution >= 4 is 11.6 Å². The highest BCUT2D eigenvalue weighted by molar-refractivity contribution is 6.05. The Bertz CT molecular complexity index is 819. The predicted molar refractivity (Wildman–Crippen MR) is 99.8 cm³/mol. The Morgan fingerprint density at radius 1 is 1.00 bits per heavy atom. The fourth-order valence-electron chi connectivity index (χ4n) is 3.15. The number of benzene rings is 2. The van der Waals surface area contributed by atoms with Crippen molar-refractivity contribution < 1.29 is 14.0 Å². The SMILES string of the molecule is CCc1cc(-c2cc(F)cc(CC)c2C(=O)C(C)C)ccc1C(C)=O. The van der Waals surface area contributed by atoms with Gasteiger partial charge < -0.3 is 0 Å². The lowest BCUT2D eigenvalue weighted by Crippen LogP contribution is -2.13. The molecule has 0 heterocycles. The smallest absolute Gasteiger partial charge is 0.166 e. The van der Waals surface area contributed by atoms with Crippen LogP contribution in [0.1, 0.15) is 66.5 Å². The van der Waals surface area contributed by atoms with Gasteiger partial charge in [-0.1, -0.05) is 45.9 Å². The minimum atomic E-state index is -0.346. The average Bonchev–Trinajstić information content (AvgIpc) is 2.59. The first kappa shape index (κ1) is 19.0. The van der Waals surface area contributed by atoms with Crippen LogP contribution in [0.15, 0.2) is 30.3 Å². The van der Waals surface area contributed by atoms with Crippen molar-refractivity contribution in [3.63, 3.8) is 0 Å². The van der Waals surface area contributed by atoms with E-state index in [4.69, 9.17) is 0 Å². The van der Waals surface area contributed by atoms with Gasteiger partial charge in [-0.05, 0) is 54.2 Å². The van der Waals surface area contributed by atoms with Gasteiger partial charge in [-0.2, -0.15) is 0 Å². The highest BCUT2D eigenvalue weighted by Gasteiger charge is 2.21. The Morgan fingerprint density at radius 2 is 1.64 bits per heavy atom. The number of carbonyl (C=O) groups excluding carboxylic acids is 2. The molecule has 0 atom stereocenters. The van der Waals surface area contributed by atoms with Gasteiger partial charge in [0.15, 0.2) is 11.6 Å². The van der Waals surface area contributed by atoms with E-state index in [-0.39, 0.29) is 23.3 Å². The topological polar surface area (TPSA) is 34.1 Å². The first-order chi connectivity index (χ1) is 11.8. The Morgan fingerprint density at radius 3 is 2.16 bits per heavy atom. The van der Waals surface area contributed by atoms with Gasteiger partial charge in [0, 0.05) is 17.0 Å². The van der Waals surface area contributed by atoms with Gasteiger partial charge in [-0.3, -0.25) is 9.59 Å². The molecule has 0 amide bonds. The predicted octanol–water partition coefficient (Wildman–Crippen LogP) is 5.66. The minimum absolute atomic E-state index is 0.00960. The Balaban J connectivity index is 2.76. The third-order valence-electron chi connectivity index (χ3n) is 4.51. The molecule has 0 aliphatic carbocycles. The van der Waals surface area contributed by atoms with Crippen LogP contribution in [0.5, 0.6) is 0 Å². The van der Waals surface area contributed by atoms with Gasteiger partial charge in [0.2, 0.25) is 0 Å². The Kier molecular flexibility index (Phi) is 5.89. The maximum Gasteiger partial charge on any atom is 0.166 e. The maximum absolute atomic E-state index is 14.2.